The highest BCUT2D eigenvalue weighted by Crippen LogP contribution is 2.36. The van der Waals surface area contributed by atoms with Crippen LogP contribution in [0.25, 0.3) is 6.08 Å². The molecule has 2 heterocycles. The van der Waals surface area contributed by atoms with Gasteiger partial charge < -0.3 is 14.2 Å². The predicted octanol–water partition coefficient (Wildman–Crippen LogP) is 6.40. The molecule has 0 bridgehead atoms. The summed E-state index contributed by atoms with van der Waals surface area (Å²) in [6, 6.07) is 19.9. The summed E-state index contributed by atoms with van der Waals surface area (Å²) in [5, 5.41) is 9.53. The molecule has 0 unspecified atom stereocenters. The monoisotopic (exact) mass is 797 g/mol. The van der Waals surface area contributed by atoms with E-state index in [0.29, 0.717) is 43.2 Å². The van der Waals surface area contributed by atoms with Gasteiger partial charge in [0.15, 0.2) is 4.80 Å². The van der Waals surface area contributed by atoms with Gasteiger partial charge in [-0.2, -0.15) is 5.26 Å². The molecule has 1 atom stereocenters. The van der Waals surface area contributed by atoms with Crippen LogP contribution in [0.15, 0.2) is 86.2 Å². The first-order valence-corrected chi connectivity index (χ1v) is 16.9. The summed E-state index contributed by atoms with van der Waals surface area (Å²) in [7, 11) is 0. The number of thiazole rings is 1. The maximum absolute atomic E-state index is 14.3. The molecule has 4 aromatic rings. The van der Waals surface area contributed by atoms with Crippen LogP contribution < -0.4 is 24.4 Å². The summed E-state index contributed by atoms with van der Waals surface area (Å²) in [5.41, 5.74) is 3.08. The second-order valence-electron chi connectivity index (χ2n) is 10.4. The third-order valence-electron chi connectivity index (χ3n) is 6.93. The van der Waals surface area contributed by atoms with Crippen molar-refractivity contribution in [1.82, 2.24) is 4.57 Å². The Morgan fingerprint density at radius 1 is 1.20 bits per heavy atom. The van der Waals surface area contributed by atoms with Crippen LogP contribution in [0.3, 0.4) is 0 Å². The number of hydrogen-bond acceptors (Lipinski definition) is 8. The van der Waals surface area contributed by atoms with Crippen molar-refractivity contribution in [2.24, 2.45) is 4.99 Å². The van der Waals surface area contributed by atoms with Gasteiger partial charge >= 0.3 is 5.97 Å². The summed E-state index contributed by atoms with van der Waals surface area (Å²) in [6.07, 6.45) is 1.65. The first-order chi connectivity index (χ1) is 21.6. The molecule has 5 rings (SSSR count). The van der Waals surface area contributed by atoms with Gasteiger partial charge in [0.2, 0.25) is 0 Å². The Kier molecular flexibility index (Phi) is 10.3. The number of rotatable bonds is 9. The largest absolute Gasteiger partial charge is 0.491 e. The number of ether oxygens (including phenoxy) is 3. The number of carbonyl (C=O) groups is 1. The van der Waals surface area contributed by atoms with Gasteiger partial charge in [0, 0.05) is 21.2 Å². The number of halogens is 2. The van der Waals surface area contributed by atoms with E-state index in [1.54, 1.807) is 30.6 Å². The number of esters is 1. The Morgan fingerprint density at radius 2 is 1.93 bits per heavy atom. The van der Waals surface area contributed by atoms with Gasteiger partial charge in [0.1, 0.15) is 24.1 Å². The maximum atomic E-state index is 14.3. The number of hydrogen-bond donors (Lipinski definition) is 0. The highest BCUT2D eigenvalue weighted by atomic mass is 127. The molecule has 11 heteroatoms. The van der Waals surface area contributed by atoms with E-state index in [9.17, 15) is 14.9 Å². The van der Waals surface area contributed by atoms with Crippen molar-refractivity contribution in [1.29, 1.82) is 5.26 Å². The van der Waals surface area contributed by atoms with Crippen molar-refractivity contribution >= 4 is 61.9 Å². The van der Waals surface area contributed by atoms with Crippen molar-refractivity contribution < 1.29 is 19.0 Å². The van der Waals surface area contributed by atoms with E-state index < -0.39 is 12.0 Å². The summed E-state index contributed by atoms with van der Waals surface area (Å²) in [4.78, 5) is 32.8. The van der Waals surface area contributed by atoms with Crippen molar-refractivity contribution in [3.05, 3.63) is 122 Å². The molecule has 0 fully saturated rings. The van der Waals surface area contributed by atoms with E-state index in [1.807, 2.05) is 68.4 Å². The van der Waals surface area contributed by atoms with Crippen molar-refractivity contribution in [3.63, 3.8) is 0 Å². The van der Waals surface area contributed by atoms with Gasteiger partial charge in [-0.1, -0.05) is 63.7 Å². The minimum Gasteiger partial charge on any atom is -0.491 e. The molecule has 1 aliphatic heterocycles. The van der Waals surface area contributed by atoms with Crippen molar-refractivity contribution in [3.8, 4) is 17.6 Å². The number of nitriles is 1. The van der Waals surface area contributed by atoms with Crippen LogP contribution in [-0.4, -0.2) is 23.2 Å². The van der Waals surface area contributed by atoms with Crippen LogP contribution in [0.2, 0.25) is 0 Å². The van der Waals surface area contributed by atoms with Crippen molar-refractivity contribution in [2.75, 3.05) is 6.61 Å². The fraction of sp³-hybridized carbons (Fsp3) is 0.235. The molecule has 0 N–H and O–H groups in total. The molecule has 0 saturated carbocycles. The molecule has 0 spiro atoms. The lowest BCUT2D eigenvalue weighted by Gasteiger charge is -2.26. The van der Waals surface area contributed by atoms with Gasteiger partial charge in [0.25, 0.3) is 5.56 Å². The smallest absolute Gasteiger partial charge is 0.338 e. The first kappa shape index (κ1) is 32.7. The molecule has 0 aliphatic carbocycles. The number of allylic oxidation sites excluding steroid dienone is 1. The molecule has 0 radical (unpaired) electrons. The molecule has 3 aromatic carbocycles. The maximum Gasteiger partial charge on any atom is 0.338 e. The summed E-state index contributed by atoms with van der Waals surface area (Å²) < 4.78 is 21.5. The van der Waals surface area contributed by atoms with Crippen LogP contribution in [0.5, 0.6) is 11.5 Å². The lowest BCUT2D eigenvalue weighted by molar-refractivity contribution is -0.139. The van der Waals surface area contributed by atoms with Crippen molar-refractivity contribution in [2.45, 2.75) is 46.4 Å². The summed E-state index contributed by atoms with van der Waals surface area (Å²) in [5.74, 6) is 0.610. The minimum atomic E-state index is -0.807. The van der Waals surface area contributed by atoms with Crippen LogP contribution in [-0.2, 0) is 16.1 Å². The van der Waals surface area contributed by atoms with Gasteiger partial charge in [0.05, 0.1) is 43.7 Å². The highest BCUT2D eigenvalue weighted by molar-refractivity contribution is 14.1. The van der Waals surface area contributed by atoms with E-state index >= 15 is 0 Å². The zero-order chi connectivity index (χ0) is 32.2. The van der Waals surface area contributed by atoms with E-state index in [-0.39, 0.29) is 30.5 Å². The molecule has 1 aromatic heterocycles. The Balaban J connectivity index is 1.68. The Hall–Kier alpha value is -3.73. The zero-order valence-corrected chi connectivity index (χ0v) is 29.5. The third kappa shape index (κ3) is 6.93. The Bertz CT molecular complexity index is 2040. The zero-order valence-electron chi connectivity index (χ0n) is 25.0. The lowest BCUT2D eigenvalue weighted by Crippen LogP contribution is -2.40. The second kappa shape index (κ2) is 14.1. The molecule has 0 amide bonds. The normalized spacial score (nSPS) is 14.5. The summed E-state index contributed by atoms with van der Waals surface area (Å²) in [6.45, 7) is 7.70. The van der Waals surface area contributed by atoms with E-state index in [2.05, 4.69) is 44.6 Å². The Morgan fingerprint density at radius 3 is 2.67 bits per heavy atom. The quantitative estimate of drug-likeness (QED) is 0.144. The Labute approximate surface area is 286 Å². The number of aromatic nitrogens is 1. The minimum absolute atomic E-state index is 0.129. The average Bonchev–Trinajstić information content (AvgIpc) is 3.30. The molecule has 230 valence electrons. The number of para-hydroxylation sites is 1. The lowest BCUT2D eigenvalue weighted by atomic mass is 9.95. The molecule has 45 heavy (non-hydrogen) atoms. The molecular formula is C34H29BrIN3O5S. The fourth-order valence-corrected chi connectivity index (χ4v) is 7.78. The highest BCUT2D eigenvalue weighted by Gasteiger charge is 2.35. The SMILES string of the molecule is CCOC(=O)C1=C(C)N=c2s/c(=C\c3cc(Br)cc(I)c3OCc3ccccc3C#N)c(=O)n2[C@@H]1c1ccccc1OC(C)C. The van der Waals surface area contributed by atoms with Gasteiger partial charge in [-0.3, -0.25) is 9.36 Å². The molecule has 8 nitrogen and oxygen atoms in total. The number of benzene rings is 3. The van der Waals surface area contributed by atoms with Crippen LogP contribution in [0.1, 0.15) is 56.0 Å². The first-order valence-electron chi connectivity index (χ1n) is 14.2. The van der Waals surface area contributed by atoms with Gasteiger partial charge in [-0.15, -0.1) is 0 Å². The predicted molar refractivity (Wildman–Crippen MR) is 185 cm³/mol. The molecular weight excluding hydrogens is 769 g/mol. The molecule has 0 saturated heterocycles. The second-order valence-corrected chi connectivity index (χ2v) is 13.5. The van der Waals surface area contributed by atoms with E-state index in [4.69, 9.17) is 19.2 Å². The van der Waals surface area contributed by atoms with Crippen LogP contribution in [0, 0.1) is 14.9 Å². The number of nitrogens with zero attached hydrogens (tertiary/aromatic N) is 3. The summed E-state index contributed by atoms with van der Waals surface area (Å²) >= 11 is 7.00. The third-order valence-corrected chi connectivity index (χ3v) is 9.17. The molecule has 1 aliphatic rings. The topological polar surface area (TPSA) is 103 Å². The van der Waals surface area contributed by atoms with Gasteiger partial charge in [-0.25, -0.2) is 9.79 Å². The number of carbonyl (C=O) groups excluding carboxylic acids is 1. The average molecular weight is 798 g/mol. The number of fused-ring (bicyclic) bond motifs is 1. The van der Waals surface area contributed by atoms with Gasteiger partial charge in [-0.05, 0) is 80.6 Å². The fourth-order valence-electron chi connectivity index (χ4n) is 5.04. The van der Waals surface area contributed by atoms with E-state index in [1.165, 1.54) is 11.3 Å². The van der Waals surface area contributed by atoms with E-state index in [0.717, 1.165) is 13.6 Å². The van der Waals surface area contributed by atoms with Crippen LogP contribution in [0.4, 0.5) is 0 Å². The standard InChI is InChI=1S/C34H29BrIN3O5S/c1-5-42-33(41)29-20(4)38-34-39(30(29)25-12-8-9-13-27(25)44-19(2)3)32(40)28(45-34)15-23-14-24(35)16-26(36)31(23)43-18-22-11-7-6-10-21(22)17-37/h6-16,19,30H,5,18H2,1-4H3/b28-15-/t30-/m1/s1. The van der Waals surface area contributed by atoms with Crippen LogP contribution >= 0.6 is 49.9 Å².